The first kappa shape index (κ1) is 18.7. The number of fused-ring (bicyclic) bond motifs is 3. The molecular weight excluding hydrogens is 498 g/mol. The van der Waals surface area contributed by atoms with Gasteiger partial charge in [0.25, 0.3) is 0 Å². The van der Waals surface area contributed by atoms with Crippen molar-refractivity contribution in [3.05, 3.63) is 152 Å². The molecule has 0 atom stereocenters. The highest BCUT2D eigenvalue weighted by Gasteiger charge is 2.21. The van der Waals surface area contributed by atoms with Gasteiger partial charge in [0.15, 0.2) is 0 Å². The van der Waals surface area contributed by atoms with Crippen LogP contribution in [0.25, 0.3) is 71.9 Å². The highest BCUT2D eigenvalue weighted by atomic mass is 15.1. The lowest BCUT2D eigenvalue weighted by molar-refractivity contribution is 1.13. The van der Waals surface area contributed by atoms with Gasteiger partial charge in [-0.1, -0.05) is 109 Å². The molecule has 0 aliphatic heterocycles. The Kier molecular flexibility index (Phi) is 4.37. The second kappa shape index (κ2) is 9.58. The molecule has 8 rings (SSSR count). The second-order valence-electron chi connectivity index (χ2n) is 9.89. The molecule has 0 saturated heterocycles. The molecule has 6 aromatic carbocycles. The molecule has 0 N–H and O–H groups in total. The van der Waals surface area contributed by atoms with Crippen molar-refractivity contribution in [2.24, 2.45) is 0 Å². The summed E-state index contributed by atoms with van der Waals surface area (Å²) in [5.74, 6) is 0.293. The molecule has 8 aromatic rings. The monoisotopic (exact) mass is 528 g/mol. The molecule has 0 spiro atoms. The van der Waals surface area contributed by atoms with Crippen LogP contribution in [-0.4, -0.2) is 14.5 Å². The van der Waals surface area contributed by atoms with E-state index in [9.17, 15) is 0 Å². The largest absolute Gasteiger partial charge is 0.291 e. The molecule has 0 aliphatic carbocycles. The van der Waals surface area contributed by atoms with Gasteiger partial charge >= 0.3 is 0 Å². The van der Waals surface area contributed by atoms with Gasteiger partial charge in [-0.15, -0.1) is 0 Å². The van der Waals surface area contributed by atoms with E-state index in [0.29, 0.717) is 11.3 Å². The summed E-state index contributed by atoms with van der Waals surface area (Å²) in [7, 11) is 0. The van der Waals surface area contributed by atoms with Crippen LogP contribution >= 0.6 is 0 Å². The molecule has 0 amide bonds. The number of pyridine rings is 1. The van der Waals surface area contributed by atoms with Gasteiger partial charge in [0.2, 0.25) is 0 Å². The van der Waals surface area contributed by atoms with Crippen molar-refractivity contribution in [2.75, 3.05) is 0 Å². The fourth-order valence-electron chi connectivity index (χ4n) is 5.84. The normalized spacial score (nSPS) is 13.1. The number of para-hydroxylation sites is 2. The standard InChI is InChI=1S/C38H25N3/c1-2-11-27(12-3-1)38-40-34-19-8-9-20-35(34)41(38)37-32-17-6-4-15-30(32)36(31-16-5-7-18-33(31)37)29-14-10-13-28(25-29)26-21-23-39-24-22-26/h1-25H/i1D,2D,3D,11D,12D. The van der Waals surface area contributed by atoms with Crippen LogP contribution in [0.5, 0.6) is 0 Å². The van der Waals surface area contributed by atoms with Crippen LogP contribution in [0.2, 0.25) is 0 Å². The number of imidazole rings is 1. The van der Waals surface area contributed by atoms with E-state index < -0.39 is 18.1 Å². The van der Waals surface area contributed by atoms with Gasteiger partial charge in [-0.25, -0.2) is 4.98 Å². The van der Waals surface area contributed by atoms with Gasteiger partial charge in [-0.2, -0.15) is 0 Å². The second-order valence-corrected chi connectivity index (χ2v) is 9.89. The molecule has 2 aromatic heterocycles. The average molecular weight is 529 g/mol. The lowest BCUT2D eigenvalue weighted by atomic mass is 9.89. The first-order valence-electron chi connectivity index (χ1n) is 15.9. The molecule has 0 radical (unpaired) electrons. The van der Waals surface area contributed by atoms with Crippen molar-refractivity contribution >= 4 is 32.6 Å². The van der Waals surface area contributed by atoms with E-state index in [1.807, 2.05) is 65.2 Å². The van der Waals surface area contributed by atoms with Gasteiger partial charge in [0.05, 0.1) is 23.6 Å². The van der Waals surface area contributed by atoms with Gasteiger partial charge in [0.1, 0.15) is 5.82 Å². The highest BCUT2D eigenvalue weighted by Crippen LogP contribution is 2.43. The number of rotatable bonds is 4. The van der Waals surface area contributed by atoms with Crippen LogP contribution < -0.4 is 0 Å². The molecule has 0 aliphatic rings. The number of hydrogen-bond acceptors (Lipinski definition) is 2. The summed E-state index contributed by atoms with van der Waals surface area (Å²) in [6, 6.07) is 34.8. The van der Waals surface area contributed by atoms with Gasteiger partial charge in [0, 0.05) is 28.7 Å². The van der Waals surface area contributed by atoms with Crippen molar-refractivity contribution in [3.63, 3.8) is 0 Å². The molecular formula is C38H25N3. The van der Waals surface area contributed by atoms with E-state index in [1.165, 1.54) is 0 Å². The predicted molar refractivity (Wildman–Crippen MR) is 170 cm³/mol. The zero-order valence-corrected chi connectivity index (χ0v) is 21.9. The fourth-order valence-corrected chi connectivity index (χ4v) is 5.84. The molecule has 3 heteroatoms. The van der Waals surface area contributed by atoms with E-state index in [-0.39, 0.29) is 17.6 Å². The maximum absolute atomic E-state index is 8.84. The molecule has 0 bridgehead atoms. The van der Waals surface area contributed by atoms with E-state index in [0.717, 1.165) is 55.0 Å². The Morgan fingerprint density at radius 1 is 0.537 bits per heavy atom. The van der Waals surface area contributed by atoms with Gasteiger partial charge < -0.3 is 0 Å². The van der Waals surface area contributed by atoms with Crippen LogP contribution in [0, 0.1) is 0 Å². The Bertz CT molecular complexity index is 2400. The summed E-state index contributed by atoms with van der Waals surface area (Å²) in [5, 5.41) is 3.94. The third-order valence-corrected chi connectivity index (χ3v) is 7.58. The van der Waals surface area contributed by atoms with Crippen LogP contribution in [0.1, 0.15) is 6.85 Å². The minimum atomic E-state index is -0.435. The summed E-state index contributed by atoms with van der Waals surface area (Å²) in [6.45, 7) is 0. The van der Waals surface area contributed by atoms with E-state index in [4.69, 9.17) is 11.8 Å². The predicted octanol–water partition coefficient (Wildman–Crippen LogP) is 9.73. The van der Waals surface area contributed by atoms with Crippen molar-refractivity contribution in [2.45, 2.75) is 0 Å². The summed E-state index contributed by atoms with van der Waals surface area (Å²) in [5.41, 5.74) is 6.63. The number of nitrogens with zero attached hydrogens (tertiary/aromatic N) is 3. The van der Waals surface area contributed by atoms with E-state index >= 15 is 0 Å². The molecule has 0 saturated carbocycles. The first-order chi connectivity index (χ1) is 22.4. The van der Waals surface area contributed by atoms with Crippen LogP contribution in [0.4, 0.5) is 0 Å². The zero-order valence-electron chi connectivity index (χ0n) is 26.9. The highest BCUT2D eigenvalue weighted by molar-refractivity contribution is 6.19. The fraction of sp³-hybridized carbons (Fsp3) is 0. The van der Waals surface area contributed by atoms with E-state index in [1.54, 1.807) is 12.4 Å². The van der Waals surface area contributed by atoms with Crippen LogP contribution in [0.3, 0.4) is 0 Å². The summed E-state index contributed by atoms with van der Waals surface area (Å²) in [6.07, 6.45) is 3.59. The van der Waals surface area contributed by atoms with Crippen molar-refractivity contribution in [1.29, 1.82) is 0 Å². The quantitative estimate of drug-likeness (QED) is 0.213. The van der Waals surface area contributed by atoms with Gasteiger partial charge in [-0.05, 0) is 63.4 Å². The Morgan fingerprint density at radius 2 is 1.17 bits per heavy atom. The minimum absolute atomic E-state index is 0.0597. The maximum atomic E-state index is 8.84. The SMILES string of the molecule is [2H]c1c([2H])c([2H])c(-c2nc3ccccc3n2-c2c3ccccc3c(-c3cccc(-c4ccncc4)c3)c3ccccc23)c([2H])c1[2H]. The van der Waals surface area contributed by atoms with Crippen molar-refractivity contribution in [3.8, 4) is 39.3 Å². The Balaban J connectivity index is 1.51. The lowest BCUT2D eigenvalue weighted by Crippen LogP contribution is -2.01. The topological polar surface area (TPSA) is 30.7 Å². The zero-order chi connectivity index (χ0) is 31.5. The average Bonchev–Trinajstić information content (AvgIpc) is 3.47. The molecule has 2 heterocycles. The molecule has 192 valence electrons. The first-order valence-corrected chi connectivity index (χ1v) is 13.4. The van der Waals surface area contributed by atoms with Crippen molar-refractivity contribution in [1.82, 2.24) is 14.5 Å². The molecule has 3 nitrogen and oxygen atoms in total. The number of benzene rings is 6. The Hall–Kier alpha value is -5.54. The maximum Gasteiger partial charge on any atom is 0.145 e. The van der Waals surface area contributed by atoms with Crippen LogP contribution in [0.15, 0.2) is 152 Å². The summed E-state index contributed by atoms with van der Waals surface area (Å²) < 4.78 is 44.7. The van der Waals surface area contributed by atoms with Crippen LogP contribution in [-0.2, 0) is 0 Å². The summed E-state index contributed by atoms with van der Waals surface area (Å²) in [4.78, 5) is 9.10. The molecule has 41 heavy (non-hydrogen) atoms. The smallest absolute Gasteiger partial charge is 0.145 e. The molecule has 0 fully saturated rings. The number of hydrogen-bond donors (Lipinski definition) is 0. The molecule has 0 unspecified atom stereocenters. The summed E-state index contributed by atoms with van der Waals surface area (Å²) >= 11 is 0. The van der Waals surface area contributed by atoms with Gasteiger partial charge in [-0.3, -0.25) is 9.55 Å². The third kappa shape index (κ3) is 3.82. The Morgan fingerprint density at radius 3 is 1.90 bits per heavy atom. The third-order valence-electron chi connectivity index (χ3n) is 7.58. The minimum Gasteiger partial charge on any atom is -0.291 e. The van der Waals surface area contributed by atoms with Crippen molar-refractivity contribution < 1.29 is 6.85 Å². The lowest BCUT2D eigenvalue weighted by Gasteiger charge is -2.20. The Labute approximate surface area is 245 Å². The number of aromatic nitrogens is 3. The van der Waals surface area contributed by atoms with E-state index in [2.05, 4.69) is 53.5 Å².